The van der Waals surface area contributed by atoms with E-state index in [1.165, 1.54) is 24.3 Å². The van der Waals surface area contributed by atoms with Gasteiger partial charge in [-0.15, -0.1) is 0 Å². The fourth-order valence-corrected chi connectivity index (χ4v) is 2.99. The molecule has 0 spiro atoms. The molecule has 0 saturated heterocycles. The van der Waals surface area contributed by atoms with Crippen LogP contribution in [0.15, 0.2) is 40.6 Å². The number of nitrogens with two attached hydrogens (primary N) is 2. The summed E-state index contributed by atoms with van der Waals surface area (Å²) in [4.78, 5) is 0.0502. The Bertz CT molecular complexity index is 591. The van der Waals surface area contributed by atoms with E-state index in [1.54, 1.807) is 13.8 Å². The number of sulfone groups is 1. The molecular formula is C11H15N3O3S. The first-order valence-electron chi connectivity index (χ1n) is 5.30. The van der Waals surface area contributed by atoms with Crippen molar-refractivity contribution in [1.29, 1.82) is 0 Å². The predicted octanol–water partition coefficient (Wildman–Crippen LogP) is 0.484. The summed E-state index contributed by atoms with van der Waals surface area (Å²) in [5.74, 6) is 0.455. The van der Waals surface area contributed by atoms with Crippen LogP contribution in [0.5, 0.6) is 0 Å². The van der Waals surface area contributed by atoms with Gasteiger partial charge in [0.1, 0.15) is 5.76 Å². The number of benzene rings is 1. The van der Waals surface area contributed by atoms with Gasteiger partial charge in [-0.2, -0.15) is 0 Å². The highest BCUT2D eigenvalue weighted by atomic mass is 32.2. The van der Waals surface area contributed by atoms with Crippen LogP contribution in [-0.2, 0) is 14.6 Å². The minimum Gasteiger partial charge on any atom is -0.445 e. The zero-order chi connectivity index (χ0) is 13.6. The lowest BCUT2D eigenvalue weighted by molar-refractivity contribution is 0.0904. The Morgan fingerprint density at radius 1 is 1.22 bits per heavy atom. The van der Waals surface area contributed by atoms with Crippen LogP contribution in [0.2, 0.25) is 0 Å². The molecular weight excluding hydrogens is 254 g/mol. The highest BCUT2D eigenvalue weighted by Gasteiger charge is 2.47. The molecule has 0 radical (unpaired) electrons. The second-order valence-corrected chi connectivity index (χ2v) is 6.23. The fraction of sp³-hybridized carbons (Fsp3) is 0.273. The summed E-state index contributed by atoms with van der Waals surface area (Å²) >= 11 is 0. The number of nitrogen functional groups attached to an aromatic ring is 1. The first kappa shape index (κ1) is 12.7. The third kappa shape index (κ3) is 1.81. The Morgan fingerprint density at radius 3 is 2.22 bits per heavy atom. The van der Waals surface area contributed by atoms with E-state index in [0.717, 1.165) is 0 Å². The van der Waals surface area contributed by atoms with E-state index in [9.17, 15) is 8.42 Å². The maximum Gasteiger partial charge on any atom is 0.346 e. The van der Waals surface area contributed by atoms with Gasteiger partial charge in [0.05, 0.1) is 10.6 Å². The zero-order valence-corrected chi connectivity index (χ0v) is 10.9. The van der Waals surface area contributed by atoms with Gasteiger partial charge in [0, 0.05) is 5.69 Å². The molecule has 0 aliphatic carbocycles. The summed E-state index contributed by atoms with van der Waals surface area (Å²) in [6.45, 7) is 3.35. The van der Waals surface area contributed by atoms with Crippen LogP contribution in [0.4, 0.5) is 5.69 Å². The van der Waals surface area contributed by atoms with E-state index in [0.29, 0.717) is 17.1 Å². The minimum absolute atomic E-state index is 0.0502. The number of nitrogens with one attached hydrogen (secondary N) is 1. The first-order valence-corrected chi connectivity index (χ1v) is 6.78. The smallest absolute Gasteiger partial charge is 0.346 e. The molecule has 1 unspecified atom stereocenters. The maximum absolute atomic E-state index is 12.4. The molecule has 0 bridgehead atoms. The third-order valence-corrected chi connectivity index (χ3v) is 4.66. The predicted molar refractivity (Wildman–Crippen MR) is 67.6 cm³/mol. The summed E-state index contributed by atoms with van der Waals surface area (Å²) < 4.78 is 30.0. The van der Waals surface area contributed by atoms with Crippen LogP contribution < -0.4 is 16.8 Å². The van der Waals surface area contributed by atoms with Gasteiger partial charge < -0.3 is 15.8 Å². The summed E-state index contributed by atoms with van der Waals surface area (Å²) in [6, 6.07) is 5.79. The normalized spacial score (nSPS) is 23.7. The van der Waals surface area contributed by atoms with Gasteiger partial charge >= 0.3 is 5.18 Å². The van der Waals surface area contributed by atoms with E-state index in [1.807, 2.05) is 0 Å². The topological polar surface area (TPSA) is 107 Å². The molecule has 1 aliphatic rings. The molecule has 18 heavy (non-hydrogen) atoms. The SMILES string of the molecule is CC1=C(C)OC(N)(S(=O)(=O)c2ccc(N)cc2)N1. The molecule has 5 N–H and O–H groups in total. The van der Waals surface area contributed by atoms with Gasteiger partial charge in [-0.3, -0.25) is 5.73 Å². The van der Waals surface area contributed by atoms with Crippen LogP contribution in [0.25, 0.3) is 0 Å². The molecule has 7 heteroatoms. The number of anilines is 1. The second kappa shape index (κ2) is 3.89. The summed E-state index contributed by atoms with van der Waals surface area (Å²) in [5.41, 5.74) is 12.4. The van der Waals surface area contributed by atoms with Crippen molar-refractivity contribution < 1.29 is 13.2 Å². The second-order valence-electron chi connectivity index (χ2n) is 4.15. The van der Waals surface area contributed by atoms with Gasteiger partial charge in [0.15, 0.2) is 0 Å². The molecule has 98 valence electrons. The van der Waals surface area contributed by atoms with Crippen molar-refractivity contribution in [3.8, 4) is 0 Å². The minimum atomic E-state index is -3.87. The first-order chi connectivity index (χ1) is 8.26. The van der Waals surface area contributed by atoms with E-state index >= 15 is 0 Å². The lowest BCUT2D eigenvalue weighted by Crippen LogP contribution is -2.57. The highest BCUT2D eigenvalue weighted by Crippen LogP contribution is 2.29. The monoisotopic (exact) mass is 269 g/mol. The molecule has 1 aromatic rings. The van der Waals surface area contributed by atoms with Gasteiger partial charge in [-0.25, -0.2) is 8.42 Å². The van der Waals surface area contributed by atoms with Crippen LogP contribution in [0.1, 0.15) is 13.8 Å². The van der Waals surface area contributed by atoms with Crippen molar-refractivity contribution in [3.63, 3.8) is 0 Å². The largest absolute Gasteiger partial charge is 0.445 e. The Hall–Kier alpha value is -1.73. The van der Waals surface area contributed by atoms with Crippen LogP contribution >= 0.6 is 0 Å². The lowest BCUT2D eigenvalue weighted by atomic mass is 10.3. The van der Waals surface area contributed by atoms with Crippen molar-refractivity contribution >= 4 is 15.5 Å². The Kier molecular flexibility index (Phi) is 2.75. The molecule has 1 atom stereocenters. The van der Waals surface area contributed by atoms with Gasteiger partial charge in [-0.05, 0) is 38.1 Å². The zero-order valence-electron chi connectivity index (χ0n) is 10.1. The van der Waals surface area contributed by atoms with E-state index in [-0.39, 0.29) is 4.90 Å². The number of rotatable bonds is 2. The average Bonchev–Trinajstić information content (AvgIpc) is 2.55. The van der Waals surface area contributed by atoms with E-state index < -0.39 is 15.0 Å². The van der Waals surface area contributed by atoms with Crippen molar-refractivity contribution in [2.45, 2.75) is 23.9 Å². The summed E-state index contributed by atoms with van der Waals surface area (Å²) in [6.07, 6.45) is 0. The average molecular weight is 269 g/mol. The summed E-state index contributed by atoms with van der Waals surface area (Å²) in [7, 11) is -3.87. The van der Waals surface area contributed by atoms with Crippen molar-refractivity contribution in [1.82, 2.24) is 5.32 Å². The summed E-state index contributed by atoms with van der Waals surface area (Å²) in [5, 5.41) is 0.688. The number of ether oxygens (including phenoxy) is 1. The molecule has 0 fully saturated rings. The van der Waals surface area contributed by atoms with Crippen LogP contribution in [0, 0.1) is 0 Å². The Balaban J connectivity index is 2.42. The van der Waals surface area contributed by atoms with Gasteiger partial charge in [0.25, 0.3) is 9.84 Å². The quantitative estimate of drug-likeness (QED) is 0.674. The molecule has 2 rings (SSSR count). The number of allylic oxidation sites excluding steroid dienone is 2. The maximum atomic E-state index is 12.4. The van der Waals surface area contributed by atoms with E-state index in [4.69, 9.17) is 16.2 Å². The molecule has 1 aromatic carbocycles. The van der Waals surface area contributed by atoms with Crippen LogP contribution in [-0.4, -0.2) is 13.6 Å². The van der Waals surface area contributed by atoms with Gasteiger partial charge in [0.2, 0.25) is 0 Å². The molecule has 0 saturated carbocycles. The van der Waals surface area contributed by atoms with Gasteiger partial charge in [-0.1, -0.05) is 0 Å². The molecule has 1 aliphatic heterocycles. The van der Waals surface area contributed by atoms with Crippen molar-refractivity contribution in [2.75, 3.05) is 5.73 Å². The highest BCUT2D eigenvalue weighted by molar-refractivity contribution is 7.92. The molecule has 0 amide bonds. The third-order valence-electron chi connectivity index (χ3n) is 2.78. The lowest BCUT2D eigenvalue weighted by Gasteiger charge is -2.25. The van der Waals surface area contributed by atoms with Crippen molar-refractivity contribution in [2.24, 2.45) is 5.73 Å². The molecule has 1 heterocycles. The standard InChI is InChI=1S/C11H15N3O3S/c1-7-8(2)17-11(13,14-7)18(15,16)10-5-3-9(12)4-6-10/h3-6,14H,12-13H2,1-2H3. The molecule has 0 aromatic heterocycles. The number of hydrogen-bond acceptors (Lipinski definition) is 6. The Morgan fingerprint density at radius 2 is 1.78 bits per heavy atom. The van der Waals surface area contributed by atoms with Crippen molar-refractivity contribution in [3.05, 3.63) is 35.7 Å². The Labute approximate surface area is 106 Å². The molecule has 6 nitrogen and oxygen atoms in total. The fourth-order valence-electron chi connectivity index (χ4n) is 1.62. The van der Waals surface area contributed by atoms with E-state index in [2.05, 4.69) is 5.32 Å². The number of hydrogen-bond donors (Lipinski definition) is 3. The van der Waals surface area contributed by atoms with Crippen LogP contribution in [0.3, 0.4) is 0 Å².